The minimum atomic E-state index is -2.76. The van der Waals surface area contributed by atoms with E-state index < -0.39 is 97.3 Å². The SMILES string of the molecule is C=CC(=O)OCCC(CCOC(=O)C=C)(OC(=O)C(=C)C)C(CCOC(=O)C=C)(OC(C)=O)n1c(=O)[nH]c(=O)[nH]c1=O. The molecular formula is C26H31N3O13. The molecule has 1 aromatic heterocycles. The summed E-state index contributed by atoms with van der Waals surface area (Å²) in [4.78, 5) is 103. The number of rotatable bonds is 17. The van der Waals surface area contributed by atoms with Crippen molar-refractivity contribution in [3.05, 3.63) is 81.6 Å². The Morgan fingerprint density at radius 1 is 0.738 bits per heavy atom. The maximum absolute atomic E-state index is 13.2. The molecular weight excluding hydrogens is 562 g/mol. The Labute approximate surface area is 238 Å². The molecule has 0 fully saturated rings. The molecule has 1 heterocycles. The Morgan fingerprint density at radius 3 is 1.50 bits per heavy atom. The molecule has 16 heteroatoms. The van der Waals surface area contributed by atoms with Crippen LogP contribution in [0.25, 0.3) is 0 Å². The van der Waals surface area contributed by atoms with Crippen LogP contribution in [0.15, 0.2) is 64.5 Å². The van der Waals surface area contributed by atoms with Gasteiger partial charge in [0.1, 0.15) is 0 Å². The van der Waals surface area contributed by atoms with Crippen molar-refractivity contribution in [3.63, 3.8) is 0 Å². The molecule has 0 aromatic carbocycles. The van der Waals surface area contributed by atoms with E-state index in [0.29, 0.717) is 0 Å². The molecule has 0 aliphatic rings. The van der Waals surface area contributed by atoms with Crippen LogP contribution >= 0.6 is 0 Å². The number of nitrogens with one attached hydrogen (secondary N) is 2. The number of H-pyrrole nitrogens is 2. The highest BCUT2D eigenvalue weighted by molar-refractivity contribution is 5.87. The zero-order valence-corrected chi connectivity index (χ0v) is 23.1. The van der Waals surface area contributed by atoms with E-state index in [1.54, 1.807) is 0 Å². The van der Waals surface area contributed by atoms with Gasteiger partial charge < -0.3 is 23.7 Å². The Hall–Kier alpha value is -5.28. The number of aromatic amines is 2. The highest BCUT2D eigenvalue weighted by Crippen LogP contribution is 2.43. The number of nitrogens with zero attached hydrogens (tertiary/aromatic N) is 1. The fourth-order valence-electron chi connectivity index (χ4n) is 3.79. The largest absolute Gasteiger partial charge is 0.462 e. The number of hydrogen-bond donors (Lipinski definition) is 2. The predicted molar refractivity (Wildman–Crippen MR) is 143 cm³/mol. The van der Waals surface area contributed by atoms with Gasteiger partial charge in [0.05, 0.1) is 19.8 Å². The van der Waals surface area contributed by atoms with Crippen LogP contribution in [0.5, 0.6) is 0 Å². The first kappa shape index (κ1) is 34.7. The lowest BCUT2D eigenvalue weighted by Gasteiger charge is -2.48. The maximum atomic E-state index is 13.2. The monoisotopic (exact) mass is 593 g/mol. The summed E-state index contributed by atoms with van der Waals surface area (Å²) in [5.41, 5.74) is -9.53. The standard InChI is InChI=1S/C26H31N3O13/c1-7-18(31)38-13-10-25(42-21(34)16(4)5,11-14-39-19(32)8-2)26(41-17(6)30,12-15-40-20(33)9-3)29-23(36)27-22(35)28-24(29)37/h7-9H,1-4,10-15H2,5-6H3,(H2,27,28,35,36,37). The second kappa shape index (κ2) is 15.5. The van der Waals surface area contributed by atoms with Gasteiger partial charge in [-0.05, 0) is 6.92 Å². The van der Waals surface area contributed by atoms with E-state index in [1.807, 2.05) is 9.97 Å². The van der Waals surface area contributed by atoms with Gasteiger partial charge in [-0.2, -0.15) is 0 Å². The zero-order valence-electron chi connectivity index (χ0n) is 23.1. The van der Waals surface area contributed by atoms with Crippen LogP contribution in [0.1, 0.15) is 33.1 Å². The van der Waals surface area contributed by atoms with Crippen LogP contribution in [0.3, 0.4) is 0 Å². The van der Waals surface area contributed by atoms with E-state index >= 15 is 0 Å². The summed E-state index contributed by atoms with van der Waals surface area (Å²) in [6.45, 7) is 13.5. The van der Waals surface area contributed by atoms with E-state index in [4.69, 9.17) is 23.7 Å². The fraction of sp³-hybridized carbons (Fsp3) is 0.385. The zero-order chi connectivity index (χ0) is 32.1. The molecule has 1 atom stereocenters. The summed E-state index contributed by atoms with van der Waals surface area (Å²) in [6, 6.07) is 0. The molecule has 1 unspecified atom stereocenters. The first-order valence-corrected chi connectivity index (χ1v) is 12.1. The van der Waals surface area contributed by atoms with Crippen molar-refractivity contribution in [2.75, 3.05) is 19.8 Å². The molecule has 16 nitrogen and oxygen atoms in total. The lowest BCUT2D eigenvalue weighted by molar-refractivity contribution is -0.256. The first-order chi connectivity index (χ1) is 19.7. The summed E-state index contributed by atoms with van der Waals surface area (Å²) in [6.07, 6.45) is 0.382. The summed E-state index contributed by atoms with van der Waals surface area (Å²) < 4.78 is 26.7. The third-order valence-corrected chi connectivity index (χ3v) is 5.56. The molecule has 0 amide bonds. The van der Waals surface area contributed by atoms with Crippen molar-refractivity contribution in [1.82, 2.24) is 14.5 Å². The maximum Gasteiger partial charge on any atom is 0.337 e. The smallest absolute Gasteiger partial charge is 0.337 e. The minimum absolute atomic E-state index is 0.205. The number of hydrogen-bond acceptors (Lipinski definition) is 13. The summed E-state index contributed by atoms with van der Waals surface area (Å²) in [5, 5.41) is 0. The molecule has 0 spiro atoms. The van der Waals surface area contributed by atoms with Crippen molar-refractivity contribution >= 4 is 29.8 Å². The Kier molecular flexibility index (Phi) is 12.8. The van der Waals surface area contributed by atoms with Gasteiger partial charge in [-0.15, -0.1) is 0 Å². The normalized spacial score (nSPS) is 12.0. The van der Waals surface area contributed by atoms with Crippen LogP contribution in [-0.4, -0.2) is 69.8 Å². The summed E-state index contributed by atoms with van der Waals surface area (Å²) in [5.74, 6) is -5.10. The van der Waals surface area contributed by atoms with E-state index in [1.165, 1.54) is 6.92 Å². The molecule has 0 saturated carbocycles. The molecule has 0 saturated heterocycles. The molecule has 228 valence electrons. The van der Waals surface area contributed by atoms with Gasteiger partial charge in [0, 0.05) is 50.0 Å². The molecule has 0 aliphatic carbocycles. The number of esters is 5. The van der Waals surface area contributed by atoms with Crippen LogP contribution in [0.4, 0.5) is 0 Å². The van der Waals surface area contributed by atoms with Crippen LogP contribution < -0.4 is 17.1 Å². The van der Waals surface area contributed by atoms with Gasteiger partial charge in [-0.3, -0.25) is 14.8 Å². The van der Waals surface area contributed by atoms with Gasteiger partial charge in [0.15, 0.2) is 5.60 Å². The number of aromatic nitrogens is 3. The molecule has 42 heavy (non-hydrogen) atoms. The molecule has 0 bridgehead atoms. The highest BCUT2D eigenvalue weighted by atomic mass is 16.6. The number of carbonyl (C=O) groups is 5. The van der Waals surface area contributed by atoms with Gasteiger partial charge in [-0.1, -0.05) is 26.3 Å². The van der Waals surface area contributed by atoms with Gasteiger partial charge >= 0.3 is 46.9 Å². The van der Waals surface area contributed by atoms with Gasteiger partial charge in [0.2, 0.25) is 5.72 Å². The Balaban J connectivity index is 4.24. The summed E-state index contributed by atoms with van der Waals surface area (Å²) in [7, 11) is 0. The number of ether oxygens (including phenoxy) is 5. The quantitative estimate of drug-likeness (QED) is 0.134. The lowest BCUT2D eigenvalue weighted by Crippen LogP contribution is -2.68. The minimum Gasteiger partial charge on any atom is -0.462 e. The van der Waals surface area contributed by atoms with E-state index in [0.717, 1.165) is 25.2 Å². The van der Waals surface area contributed by atoms with E-state index in [2.05, 4.69) is 26.3 Å². The Bertz CT molecular complexity index is 1370. The van der Waals surface area contributed by atoms with Crippen molar-refractivity contribution in [2.45, 2.75) is 44.4 Å². The fourth-order valence-corrected chi connectivity index (χ4v) is 3.79. The predicted octanol–water partition coefficient (Wildman–Crippen LogP) is -0.343. The molecule has 0 aliphatic heterocycles. The van der Waals surface area contributed by atoms with Crippen molar-refractivity contribution in [1.29, 1.82) is 0 Å². The van der Waals surface area contributed by atoms with Gasteiger partial charge in [-0.25, -0.2) is 38.1 Å². The van der Waals surface area contributed by atoms with E-state index in [-0.39, 0.29) is 10.1 Å². The van der Waals surface area contributed by atoms with Crippen molar-refractivity contribution in [2.24, 2.45) is 0 Å². The lowest BCUT2D eigenvalue weighted by atomic mass is 9.80. The highest BCUT2D eigenvalue weighted by Gasteiger charge is 2.60. The van der Waals surface area contributed by atoms with Crippen LogP contribution in [0, 0.1) is 0 Å². The Morgan fingerprint density at radius 2 is 1.14 bits per heavy atom. The van der Waals surface area contributed by atoms with Crippen LogP contribution in [0.2, 0.25) is 0 Å². The van der Waals surface area contributed by atoms with E-state index in [9.17, 15) is 38.4 Å². The molecule has 1 aromatic rings. The average Bonchev–Trinajstić information content (AvgIpc) is 2.91. The average molecular weight is 594 g/mol. The second-order valence-electron chi connectivity index (χ2n) is 8.43. The second-order valence-corrected chi connectivity index (χ2v) is 8.43. The first-order valence-electron chi connectivity index (χ1n) is 12.1. The van der Waals surface area contributed by atoms with Gasteiger partial charge in [0.25, 0.3) is 0 Å². The molecule has 0 radical (unpaired) electrons. The van der Waals surface area contributed by atoms with Crippen LogP contribution in [-0.2, 0) is 53.4 Å². The molecule has 2 N–H and O–H groups in total. The van der Waals surface area contributed by atoms with Crippen molar-refractivity contribution < 1.29 is 47.7 Å². The topological polar surface area (TPSA) is 219 Å². The molecule has 1 rings (SSSR count). The third kappa shape index (κ3) is 8.87. The van der Waals surface area contributed by atoms with Crippen molar-refractivity contribution in [3.8, 4) is 0 Å². The number of carbonyl (C=O) groups excluding carboxylic acids is 5. The summed E-state index contributed by atoms with van der Waals surface area (Å²) >= 11 is 0. The third-order valence-electron chi connectivity index (χ3n) is 5.56.